The number of nitrogens with zero attached hydrogens (tertiary/aromatic N) is 2. The first kappa shape index (κ1) is 28.1. The molecular weight excluding hydrogens is 500 g/mol. The predicted octanol–water partition coefficient (Wildman–Crippen LogP) is 6.62. The Morgan fingerprint density at radius 1 is 0.949 bits per heavy atom. The molecule has 3 aromatic carbocycles. The number of fused-ring (bicyclic) bond motifs is 1. The fraction of sp³-hybridized carbons (Fsp3) is 0.471. The van der Waals surface area contributed by atoms with Crippen LogP contribution in [0.3, 0.4) is 0 Å². The number of hydrogen-bond acceptors (Lipinski definition) is 3. The van der Waals surface area contributed by atoms with E-state index in [0.29, 0.717) is 11.4 Å². The topological polar surface area (TPSA) is 40.6 Å². The Balaban J connectivity index is 1.21. The normalized spacial score (nSPS) is 20.4. The van der Waals surface area contributed by atoms with E-state index in [1.165, 1.54) is 48.8 Å². The summed E-state index contributed by atoms with van der Waals surface area (Å²) in [7, 11) is -1.78. The minimum absolute atomic E-state index is 0.144. The van der Waals surface area contributed by atoms with E-state index in [4.69, 9.17) is 0 Å². The van der Waals surface area contributed by atoms with Gasteiger partial charge in [0.1, 0.15) is 0 Å². The molecule has 0 aromatic heterocycles. The molecular formula is C34H44N2O2S. The zero-order valence-corrected chi connectivity index (χ0v) is 24.5. The summed E-state index contributed by atoms with van der Waals surface area (Å²) in [6.45, 7) is 5.82. The van der Waals surface area contributed by atoms with E-state index in [1.807, 2.05) is 19.1 Å². The van der Waals surface area contributed by atoms with Crippen molar-refractivity contribution < 1.29 is 8.42 Å². The highest BCUT2D eigenvalue weighted by Crippen LogP contribution is 2.43. The van der Waals surface area contributed by atoms with Crippen molar-refractivity contribution in [1.82, 2.24) is 9.21 Å². The molecule has 39 heavy (non-hydrogen) atoms. The van der Waals surface area contributed by atoms with E-state index in [0.717, 1.165) is 50.4 Å². The predicted molar refractivity (Wildman–Crippen MR) is 161 cm³/mol. The van der Waals surface area contributed by atoms with Crippen LogP contribution in [0.15, 0.2) is 83.8 Å². The molecule has 1 unspecified atom stereocenters. The van der Waals surface area contributed by atoms with E-state index in [9.17, 15) is 8.42 Å². The van der Waals surface area contributed by atoms with Crippen LogP contribution in [-0.2, 0) is 28.3 Å². The monoisotopic (exact) mass is 544 g/mol. The number of rotatable bonds is 11. The van der Waals surface area contributed by atoms with Gasteiger partial charge in [-0.15, -0.1) is 0 Å². The number of benzene rings is 3. The van der Waals surface area contributed by atoms with Gasteiger partial charge in [-0.2, -0.15) is 0 Å². The van der Waals surface area contributed by atoms with E-state index in [2.05, 4.69) is 59.5 Å². The molecule has 1 saturated heterocycles. The molecule has 0 N–H and O–H groups in total. The molecule has 1 aliphatic heterocycles. The van der Waals surface area contributed by atoms with Gasteiger partial charge in [-0.3, -0.25) is 0 Å². The molecule has 1 fully saturated rings. The zero-order valence-electron chi connectivity index (χ0n) is 23.7. The molecule has 1 aliphatic carbocycles. The number of hydrogen-bond donors (Lipinski definition) is 0. The van der Waals surface area contributed by atoms with Crippen LogP contribution in [0.5, 0.6) is 0 Å². The molecule has 5 heteroatoms. The van der Waals surface area contributed by atoms with Crippen LogP contribution in [0.1, 0.15) is 60.8 Å². The van der Waals surface area contributed by atoms with Crippen molar-refractivity contribution in [3.05, 3.63) is 101 Å². The summed E-state index contributed by atoms with van der Waals surface area (Å²) < 4.78 is 28.7. The third kappa shape index (κ3) is 6.65. The van der Waals surface area contributed by atoms with Gasteiger partial charge >= 0.3 is 0 Å². The van der Waals surface area contributed by atoms with Crippen LogP contribution in [0.4, 0.5) is 0 Å². The first-order valence-corrected chi connectivity index (χ1v) is 16.2. The molecule has 1 heterocycles. The molecule has 0 amide bonds. The minimum atomic E-state index is -3.55. The van der Waals surface area contributed by atoms with Crippen molar-refractivity contribution in [2.75, 3.05) is 33.2 Å². The minimum Gasteiger partial charge on any atom is -0.303 e. The molecule has 5 rings (SSSR count). The van der Waals surface area contributed by atoms with Crippen LogP contribution in [0.25, 0.3) is 0 Å². The van der Waals surface area contributed by atoms with Gasteiger partial charge in [0.15, 0.2) is 0 Å². The van der Waals surface area contributed by atoms with Gasteiger partial charge in [0.25, 0.3) is 0 Å². The van der Waals surface area contributed by atoms with Crippen molar-refractivity contribution in [2.24, 2.45) is 5.92 Å². The second-order valence-corrected chi connectivity index (χ2v) is 14.0. The van der Waals surface area contributed by atoms with Crippen molar-refractivity contribution in [2.45, 2.75) is 68.6 Å². The average Bonchev–Trinajstić information content (AvgIpc) is 3.31. The molecule has 2 aliphatic rings. The molecule has 4 nitrogen and oxygen atoms in total. The Labute approximate surface area is 236 Å². The Hall–Kier alpha value is -2.47. The van der Waals surface area contributed by atoms with Crippen LogP contribution in [0, 0.1) is 12.8 Å². The summed E-state index contributed by atoms with van der Waals surface area (Å²) in [6, 6.07) is 26.8. The third-order valence-electron chi connectivity index (χ3n) is 9.22. The molecule has 0 radical (unpaired) electrons. The number of sulfonamides is 1. The first-order chi connectivity index (χ1) is 18.9. The molecule has 0 saturated carbocycles. The summed E-state index contributed by atoms with van der Waals surface area (Å²) in [6.07, 6.45) is 9.37. The number of likely N-dealkylation sites (N-methyl/N-ethyl adjacent to an activating group) is 1. The zero-order chi connectivity index (χ0) is 27.3. The number of piperidine rings is 1. The van der Waals surface area contributed by atoms with Crippen molar-refractivity contribution in [3.63, 3.8) is 0 Å². The van der Waals surface area contributed by atoms with Crippen LogP contribution < -0.4 is 0 Å². The Morgan fingerprint density at radius 3 is 2.46 bits per heavy atom. The van der Waals surface area contributed by atoms with Crippen molar-refractivity contribution in [1.29, 1.82) is 0 Å². The maximum atomic E-state index is 13.6. The second kappa shape index (κ2) is 12.4. The Kier molecular flexibility index (Phi) is 8.90. The van der Waals surface area contributed by atoms with E-state index < -0.39 is 10.0 Å². The fourth-order valence-electron chi connectivity index (χ4n) is 6.84. The Morgan fingerprint density at radius 2 is 1.69 bits per heavy atom. The van der Waals surface area contributed by atoms with Gasteiger partial charge in [-0.25, -0.2) is 12.7 Å². The molecule has 208 valence electrons. The lowest BCUT2D eigenvalue weighted by Crippen LogP contribution is -2.44. The number of likely N-dealkylation sites (tertiary alicyclic amines) is 1. The lowest BCUT2D eigenvalue weighted by Gasteiger charge is -2.38. The molecule has 0 bridgehead atoms. The van der Waals surface area contributed by atoms with Crippen LogP contribution >= 0.6 is 0 Å². The smallest absolute Gasteiger partial charge is 0.242 e. The van der Waals surface area contributed by atoms with Gasteiger partial charge in [-0.1, -0.05) is 73.2 Å². The fourth-order valence-corrected chi connectivity index (χ4v) is 8.21. The summed E-state index contributed by atoms with van der Waals surface area (Å²) in [5.74, 6) is 0.830. The summed E-state index contributed by atoms with van der Waals surface area (Å²) in [4.78, 5) is 3.02. The second-order valence-electron chi connectivity index (χ2n) is 11.9. The summed E-state index contributed by atoms with van der Waals surface area (Å²) in [5.41, 5.74) is 5.01. The lowest BCUT2D eigenvalue weighted by molar-refractivity contribution is 0.158. The molecule has 1 atom stereocenters. The molecule has 3 aromatic rings. The quantitative estimate of drug-likeness (QED) is 0.272. The highest BCUT2D eigenvalue weighted by Gasteiger charge is 2.41. The standard InChI is InChI=1S/C34H44N2O2S/c1-28-10-8-16-32(26-28)39(37,38)35(2)27-34(21-18-31-15-6-7-17-33(31)34)22-25-36-23-19-30(20-24-36)14-9-13-29-11-4-3-5-12-29/h3-8,10-12,15-17,26,30H,9,13-14,18-25,27H2,1-2H3. The van der Waals surface area contributed by atoms with Gasteiger partial charge in [0, 0.05) is 19.0 Å². The largest absolute Gasteiger partial charge is 0.303 e. The highest BCUT2D eigenvalue weighted by atomic mass is 32.2. The summed E-state index contributed by atoms with van der Waals surface area (Å²) in [5, 5.41) is 0. The van der Waals surface area contributed by atoms with E-state index in [1.54, 1.807) is 23.5 Å². The van der Waals surface area contributed by atoms with Gasteiger partial charge < -0.3 is 4.90 Å². The first-order valence-electron chi connectivity index (χ1n) is 14.7. The van der Waals surface area contributed by atoms with Crippen LogP contribution in [-0.4, -0.2) is 50.8 Å². The average molecular weight is 545 g/mol. The highest BCUT2D eigenvalue weighted by molar-refractivity contribution is 7.89. The van der Waals surface area contributed by atoms with E-state index in [-0.39, 0.29) is 5.41 Å². The lowest BCUT2D eigenvalue weighted by atomic mass is 9.78. The molecule has 0 spiro atoms. The van der Waals surface area contributed by atoms with Crippen LogP contribution in [0.2, 0.25) is 0 Å². The number of aryl methyl sites for hydroxylation is 3. The van der Waals surface area contributed by atoms with Gasteiger partial charge in [0.05, 0.1) is 4.90 Å². The third-order valence-corrected chi connectivity index (χ3v) is 11.0. The maximum absolute atomic E-state index is 13.6. The SMILES string of the molecule is Cc1cccc(S(=O)(=O)N(C)CC2(CCN3CCC(CCCc4ccccc4)CC3)CCc3ccccc32)c1. The Bertz CT molecular complexity index is 1330. The van der Waals surface area contributed by atoms with E-state index >= 15 is 0 Å². The summed E-state index contributed by atoms with van der Waals surface area (Å²) >= 11 is 0. The van der Waals surface area contributed by atoms with Crippen molar-refractivity contribution in [3.8, 4) is 0 Å². The van der Waals surface area contributed by atoms with Crippen molar-refractivity contribution >= 4 is 10.0 Å². The maximum Gasteiger partial charge on any atom is 0.242 e. The van der Waals surface area contributed by atoms with Gasteiger partial charge in [0.2, 0.25) is 10.0 Å². The van der Waals surface area contributed by atoms with Gasteiger partial charge in [-0.05, 0) is 112 Å².